The summed E-state index contributed by atoms with van der Waals surface area (Å²) in [6.07, 6.45) is 1.31. The number of anilines is 1. The van der Waals surface area contributed by atoms with Gasteiger partial charge in [-0.2, -0.15) is 0 Å². The molecule has 1 atom stereocenters. The molecule has 224 valence electrons. The number of hydrogen-bond donors (Lipinski definition) is 1. The maximum absolute atomic E-state index is 14.0. The van der Waals surface area contributed by atoms with Crippen LogP contribution in [-0.2, 0) is 39.2 Å². The van der Waals surface area contributed by atoms with Crippen molar-refractivity contribution < 1.29 is 22.7 Å². The van der Waals surface area contributed by atoms with E-state index in [1.54, 1.807) is 24.3 Å². The van der Waals surface area contributed by atoms with Gasteiger partial charge in [0.2, 0.25) is 21.8 Å². The molecule has 0 aliphatic heterocycles. The monoisotopic (exact) mass is 663 g/mol. The van der Waals surface area contributed by atoms with Gasteiger partial charge in [-0.25, -0.2) is 8.42 Å². The van der Waals surface area contributed by atoms with E-state index >= 15 is 0 Å². The van der Waals surface area contributed by atoms with Crippen molar-refractivity contribution in [2.75, 3.05) is 24.2 Å². The molecule has 0 aliphatic carbocycles. The first-order chi connectivity index (χ1) is 20.6. The van der Waals surface area contributed by atoms with Gasteiger partial charge in [0, 0.05) is 24.5 Å². The van der Waals surface area contributed by atoms with Crippen LogP contribution in [0, 0.1) is 0 Å². The molecule has 4 aromatic rings. The molecule has 0 saturated carbocycles. The summed E-state index contributed by atoms with van der Waals surface area (Å²) in [6, 6.07) is 32.2. The Labute approximate surface area is 261 Å². The Balaban J connectivity index is 1.61. The molecule has 0 saturated heterocycles. The number of halogens is 1. The fourth-order valence-electron chi connectivity index (χ4n) is 4.57. The van der Waals surface area contributed by atoms with Gasteiger partial charge in [-0.05, 0) is 53.1 Å². The van der Waals surface area contributed by atoms with Gasteiger partial charge in [0.05, 0.1) is 11.9 Å². The first-order valence-corrected chi connectivity index (χ1v) is 16.3. The fourth-order valence-corrected chi connectivity index (χ4v) is 5.68. The molecule has 0 aromatic heterocycles. The van der Waals surface area contributed by atoms with E-state index in [-0.39, 0.29) is 18.9 Å². The molecule has 4 rings (SSSR count). The predicted molar refractivity (Wildman–Crippen MR) is 172 cm³/mol. The summed E-state index contributed by atoms with van der Waals surface area (Å²) in [5, 5.41) is 2.67. The molecule has 0 spiro atoms. The number of carbonyl (C=O) groups excluding carboxylic acids is 2. The average molecular weight is 665 g/mol. The predicted octanol–water partition coefficient (Wildman–Crippen LogP) is 5.18. The molecule has 8 nitrogen and oxygen atoms in total. The number of likely N-dealkylation sites (N-methyl/N-ethyl adjacent to an activating group) is 1. The Bertz CT molecular complexity index is 1600. The van der Waals surface area contributed by atoms with E-state index in [1.807, 2.05) is 84.9 Å². The van der Waals surface area contributed by atoms with E-state index in [1.165, 1.54) is 11.9 Å². The highest BCUT2D eigenvalue weighted by Gasteiger charge is 2.32. The topological polar surface area (TPSA) is 96.0 Å². The number of carbonyl (C=O) groups is 2. The quantitative estimate of drug-likeness (QED) is 0.213. The van der Waals surface area contributed by atoms with Crippen LogP contribution in [0.3, 0.4) is 0 Å². The van der Waals surface area contributed by atoms with Gasteiger partial charge in [0.25, 0.3) is 0 Å². The Morgan fingerprint density at radius 1 is 0.814 bits per heavy atom. The van der Waals surface area contributed by atoms with Crippen LogP contribution in [0.15, 0.2) is 114 Å². The Hall–Kier alpha value is -4.15. The number of nitrogens with zero attached hydrogens (tertiary/aromatic N) is 2. The van der Waals surface area contributed by atoms with Gasteiger partial charge in [-0.3, -0.25) is 13.9 Å². The molecule has 0 bridgehead atoms. The Kier molecular flexibility index (Phi) is 11.0. The van der Waals surface area contributed by atoms with Crippen LogP contribution in [0.1, 0.15) is 16.7 Å². The highest BCUT2D eigenvalue weighted by molar-refractivity contribution is 9.10. The van der Waals surface area contributed by atoms with Crippen molar-refractivity contribution in [3.8, 4) is 5.75 Å². The maximum atomic E-state index is 14.0. The summed E-state index contributed by atoms with van der Waals surface area (Å²) in [5.74, 6) is -0.297. The number of ether oxygens (including phenoxy) is 1. The molecule has 2 amide bonds. The van der Waals surface area contributed by atoms with Gasteiger partial charge in [-0.1, -0.05) is 88.7 Å². The van der Waals surface area contributed by atoms with Gasteiger partial charge >= 0.3 is 0 Å². The summed E-state index contributed by atoms with van der Waals surface area (Å²) in [6.45, 7) is -0.00939. The van der Waals surface area contributed by atoms with E-state index in [4.69, 9.17) is 4.74 Å². The zero-order valence-electron chi connectivity index (χ0n) is 24.0. The van der Waals surface area contributed by atoms with E-state index in [0.29, 0.717) is 18.0 Å². The number of benzene rings is 4. The van der Waals surface area contributed by atoms with E-state index in [2.05, 4.69) is 21.2 Å². The van der Waals surface area contributed by atoms with Gasteiger partial charge in [-0.15, -0.1) is 0 Å². The molecule has 4 aromatic carbocycles. The molecule has 0 fully saturated rings. The lowest BCUT2D eigenvalue weighted by Crippen LogP contribution is -2.52. The van der Waals surface area contributed by atoms with E-state index in [0.717, 1.165) is 31.7 Å². The van der Waals surface area contributed by atoms with Crippen molar-refractivity contribution in [2.24, 2.45) is 0 Å². The first-order valence-electron chi connectivity index (χ1n) is 13.7. The number of nitrogens with one attached hydrogen (secondary N) is 1. The van der Waals surface area contributed by atoms with Crippen molar-refractivity contribution >= 4 is 43.5 Å². The maximum Gasteiger partial charge on any atom is 0.244 e. The number of hydrogen-bond acceptors (Lipinski definition) is 5. The molecule has 1 N–H and O–H groups in total. The summed E-state index contributed by atoms with van der Waals surface area (Å²) in [7, 11) is -2.34. The van der Waals surface area contributed by atoms with E-state index < -0.39 is 28.5 Å². The third-order valence-electron chi connectivity index (χ3n) is 6.84. The average Bonchev–Trinajstić information content (AvgIpc) is 3.01. The lowest BCUT2D eigenvalue weighted by Gasteiger charge is -2.33. The summed E-state index contributed by atoms with van der Waals surface area (Å²) < 4.78 is 33.7. The first kappa shape index (κ1) is 31.8. The lowest BCUT2D eigenvalue weighted by atomic mass is 10.0. The lowest BCUT2D eigenvalue weighted by molar-refractivity contribution is -0.139. The van der Waals surface area contributed by atoms with Crippen LogP contribution in [0.2, 0.25) is 0 Å². The normalized spacial score (nSPS) is 11.8. The summed E-state index contributed by atoms with van der Waals surface area (Å²) in [5.41, 5.74) is 2.98. The largest absolute Gasteiger partial charge is 0.489 e. The fraction of sp³-hybridized carbons (Fsp3) is 0.212. The zero-order chi connectivity index (χ0) is 30.8. The molecular weight excluding hydrogens is 630 g/mol. The van der Waals surface area contributed by atoms with Crippen molar-refractivity contribution in [3.05, 3.63) is 130 Å². The Morgan fingerprint density at radius 2 is 1.40 bits per heavy atom. The van der Waals surface area contributed by atoms with Crippen LogP contribution in [0.5, 0.6) is 5.75 Å². The second-order valence-corrected chi connectivity index (χ2v) is 12.8. The van der Waals surface area contributed by atoms with E-state index in [9.17, 15) is 18.0 Å². The Morgan fingerprint density at radius 3 is 1.95 bits per heavy atom. The van der Waals surface area contributed by atoms with Gasteiger partial charge in [0.15, 0.2) is 0 Å². The number of rotatable bonds is 13. The van der Waals surface area contributed by atoms with Crippen LogP contribution in [0.4, 0.5) is 5.69 Å². The van der Waals surface area contributed by atoms with Crippen molar-refractivity contribution in [2.45, 2.75) is 25.6 Å². The standard InChI is InChI=1S/C33H34BrN3O5S/c1-35-33(39)31(21-25-9-5-3-6-10-25)36(22-26-13-15-28(34)16-14-26)32(38)23-37(43(2,40)41)29-17-19-30(20-18-29)42-24-27-11-7-4-8-12-27/h3-20,31H,21-24H2,1-2H3,(H,35,39)/t31-/m1/s1. The molecule has 0 heterocycles. The minimum atomic E-state index is -3.87. The molecule has 0 unspecified atom stereocenters. The minimum Gasteiger partial charge on any atom is -0.489 e. The van der Waals surface area contributed by atoms with Crippen LogP contribution >= 0.6 is 15.9 Å². The highest BCUT2D eigenvalue weighted by atomic mass is 79.9. The smallest absolute Gasteiger partial charge is 0.244 e. The van der Waals surface area contributed by atoms with Crippen molar-refractivity contribution in [1.29, 1.82) is 0 Å². The summed E-state index contributed by atoms with van der Waals surface area (Å²) in [4.78, 5) is 28.7. The molecule has 43 heavy (non-hydrogen) atoms. The number of sulfonamides is 1. The second kappa shape index (κ2) is 14.8. The molecule has 10 heteroatoms. The van der Waals surface area contributed by atoms with Crippen molar-refractivity contribution in [3.63, 3.8) is 0 Å². The van der Waals surface area contributed by atoms with Crippen LogP contribution in [-0.4, -0.2) is 51.0 Å². The van der Waals surface area contributed by atoms with Gasteiger partial charge < -0.3 is 15.0 Å². The minimum absolute atomic E-state index is 0.112. The molecular formula is C33H34BrN3O5S. The highest BCUT2D eigenvalue weighted by Crippen LogP contribution is 2.24. The SMILES string of the molecule is CNC(=O)[C@@H](Cc1ccccc1)N(Cc1ccc(Br)cc1)C(=O)CN(c1ccc(OCc2ccccc2)cc1)S(C)(=O)=O. The van der Waals surface area contributed by atoms with Gasteiger partial charge in [0.1, 0.15) is 24.9 Å². The molecule has 0 radical (unpaired) electrons. The summed E-state index contributed by atoms with van der Waals surface area (Å²) >= 11 is 3.43. The second-order valence-electron chi connectivity index (χ2n) is 10.0. The van der Waals surface area contributed by atoms with Crippen molar-refractivity contribution in [1.82, 2.24) is 10.2 Å². The third-order valence-corrected chi connectivity index (χ3v) is 8.51. The number of amides is 2. The third kappa shape index (κ3) is 9.17. The zero-order valence-corrected chi connectivity index (χ0v) is 26.4. The van der Waals surface area contributed by atoms with Crippen LogP contribution < -0.4 is 14.4 Å². The molecule has 0 aliphatic rings. The van der Waals surface area contributed by atoms with Crippen LogP contribution in [0.25, 0.3) is 0 Å².